The summed E-state index contributed by atoms with van der Waals surface area (Å²) in [6.45, 7) is 6.99. The predicted molar refractivity (Wildman–Crippen MR) is 117 cm³/mol. The van der Waals surface area contributed by atoms with Crippen molar-refractivity contribution < 1.29 is 17.9 Å². The Morgan fingerprint density at radius 1 is 1.10 bits per heavy atom. The molecular weight excluding hydrogens is 388 g/mol. The monoisotopic (exact) mass is 418 g/mol. The number of hydrogen-bond acceptors (Lipinski definition) is 4. The van der Waals surface area contributed by atoms with Crippen molar-refractivity contribution in [2.75, 3.05) is 30.3 Å². The van der Waals surface area contributed by atoms with E-state index >= 15 is 0 Å². The highest BCUT2D eigenvalue weighted by molar-refractivity contribution is 7.92. The minimum atomic E-state index is -3.41. The Morgan fingerprint density at radius 3 is 2.52 bits per heavy atom. The van der Waals surface area contributed by atoms with Crippen molar-refractivity contribution in [3.8, 4) is 5.75 Å². The number of carbonyl (C=O) groups excluding carboxylic acids is 1. The van der Waals surface area contributed by atoms with E-state index in [1.165, 1.54) is 10.6 Å². The van der Waals surface area contributed by atoms with Crippen LogP contribution in [0.5, 0.6) is 5.75 Å². The molecule has 0 fully saturated rings. The maximum atomic E-state index is 12.1. The predicted octanol–water partition coefficient (Wildman–Crippen LogP) is 3.35. The van der Waals surface area contributed by atoms with Crippen molar-refractivity contribution in [3.05, 3.63) is 59.2 Å². The molecule has 0 saturated carbocycles. The molecule has 29 heavy (non-hydrogen) atoms. The fourth-order valence-corrected chi connectivity index (χ4v) is 3.93. The minimum Gasteiger partial charge on any atom is -0.491 e. The summed E-state index contributed by atoms with van der Waals surface area (Å²) in [5, 5.41) is 2.82. The molecule has 0 atom stereocenters. The molecule has 7 heteroatoms. The summed E-state index contributed by atoms with van der Waals surface area (Å²) in [5.74, 6) is 0.702. The van der Waals surface area contributed by atoms with Crippen LogP contribution in [0.25, 0.3) is 0 Å². The van der Waals surface area contributed by atoms with Gasteiger partial charge in [-0.25, -0.2) is 8.42 Å². The summed E-state index contributed by atoms with van der Waals surface area (Å²) in [6, 6.07) is 13.2. The van der Waals surface area contributed by atoms with E-state index in [4.69, 9.17) is 4.74 Å². The molecule has 0 unspecified atom stereocenters. The zero-order chi connectivity index (χ0) is 21.4. The summed E-state index contributed by atoms with van der Waals surface area (Å²) < 4.78 is 31.3. The third-order valence-electron chi connectivity index (χ3n) is 4.69. The van der Waals surface area contributed by atoms with Crippen molar-refractivity contribution in [2.24, 2.45) is 0 Å². The first-order valence-corrected chi connectivity index (χ1v) is 11.5. The first-order valence-electron chi connectivity index (χ1n) is 9.68. The van der Waals surface area contributed by atoms with E-state index in [-0.39, 0.29) is 18.9 Å². The van der Waals surface area contributed by atoms with Crippen LogP contribution in [0.3, 0.4) is 0 Å². The minimum absolute atomic E-state index is 0.118. The van der Waals surface area contributed by atoms with Gasteiger partial charge in [0.2, 0.25) is 15.9 Å². The van der Waals surface area contributed by atoms with E-state index in [0.29, 0.717) is 25.3 Å². The van der Waals surface area contributed by atoms with E-state index in [0.717, 1.165) is 22.4 Å². The number of nitrogens with one attached hydrogen (secondary N) is 1. The third-order valence-corrected chi connectivity index (χ3v) is 5.89. The number of benzene rings is 2. The Kier molecular flexibility index (Phi) is 8.08. The zero-order valence-electron chi connectivity index (χ0n) is 17.6. The van der Waals surface area contributed by atoms with Crippen molar-refractivity contribution in [3.63, 3.8) is 0 Å². The standard InChI is InChI=1S/C22H30N2O4S/c1-17-8-5-10-20(16-17)24(29(4,26)27)14-7-12-22(25)23-13-15-28-21-11-6-9-18(2)19(21)3/h5-6,8-11,16H,7,12-15H2,1-4H3,(H,23,25). The van der Waals surface area contributed by atoms with Crippen LogP contribution in [-0.2, 0) is 14.8 Å². The summed E-state index contributed by atoms with van der Waals surface area (Å²) >= 11 is 0. The Morgan fingerprint density at radius 2 is 1.83 bits per heavy atom. The van der Waals surface area contributed by atoms with E-state index in [9.17, 15) is 13.2 Å². The number of sulfonamides is 1. The smallest absolute Gasteiger partial charge is 0.232 e. The highest BCUT2D eigenvalue weighted by Gasteiger charge is 2.17. The van der Waals surface area contributed by atoms with Gasteiger partial charge in [0.1, 0.15) is 12.4 Å². The lowest BCUT2D eigenvalue weighted by molar-refractivity contribution is -0.121. The molecule has 1 N–H and O–H groups in total. The molecule has 0 radical (unpaired) electrons. The summed E-state index contributed by atoms with van der Waals surface area (Å²) in [6.07, 6.45) is 1.87. The molecule has 0 aromatic heterocycles. The zero-order valence-corrected chi connectivity index (χ0v) is 18.4. The molecule has 0 saturated heterocycles. The molecule has 2 aromatic rings. The average molecular weight is 419 g/mol. The van der Waals surface area contributed by atoms with E-state index in [2.05, 4.69) is 5.32 Å². The van der Waals surface area contributed by atoms with Crippen molar-refractivity contribution in [1.29, 1.82) is 0 Å². The van der Waals surface area contributed by atoms with E-state index < -0.39 is 10.0 Å². The molecule has 1 amide bonds. The van der Waals surface area contributed by atoms with Crippen LogP contribution in [0.4, 0.5) is 5.69 Å². The van der Waals surface area contributed by atoms with Crippen LogP contribution in [-0.4, -0.2) is 40.3 Å². The van der Waals surface area contributed by atoms with Gasteiger partial charge in [0.25, 0.3) is 0 Å². The molecule has 158 valence electrons. The normalized spacial score (nSPS) is 11.2. The topological polar surface area (TPSA) is 75.7 Å². The molecular formula is C22H30N2O4S. The van der Waals surface area contributed by atoms with Crippen LogP contribution >= 0.6 is 0 Å². The average Bonchev–Trinajstić information content (AvgIpc) is 2.64. The fourth-order valence-electron chi connectivity index (χ4n) is 2.97. The summed E-state index contributed by atoms with van der Waals surface area (Å²) in [4.78, 5) is 12.1. The van der Waals surface area contributed by atoms with Crippen LogP contribution in [0, 0.1) is 20.8 Å². The van der Waals surface area contributed by atoms with Crippen molar-refractivity contribution in [2.45, 2.75) is 33.6 Å². The lowest BCUT2D eigenvalue weighted by Crippen LogP contribution is -2.33. The largest absolute Gasteiger partial charge is 0.491 e. The molecule has 0 bridgehead atoms. The second-order valence-corrected chi connectivity index (χ2v) is 9.08. The fraction of sp³-hybridized carbons (Fsp3) is 0.409. The van der Waals surface area contributed by atoms with Gasteiger partial charge in [-0.2, -0.15) is 0 Å². The molecule has 0 aliphatic rings. The van der Waals surface area contributed by atoms with Gasteiger partial charge in [0, 0.05) is 13.0 Å². The number of anilines is 1. The number of amides is 1. The Balaban J connectivity index is 1.77. The SMILES string of the molecule is Cc1cccc(N(CCCC(=O)NCCOc2cccc(C)c2C)S(C)(=O)=O)c1. The van der Waals surface area contributed by atoms with Gasteiger partial charge in [0.15, 0.2) is 0 Å². The lowest BCUT2D eigenvalue weighted by Gasteiger charge is -2.22. The van der Waals surface area contributed by atoms with Crippen molar-refractivity contribution in [1.82, 2.24) is 5.32 Å². The highest BCUT2D eigenvalue weighted by Crippen LogP contribution is 2.21. The summed E-state index contributed by atoms with van der Waals surface area (Å²) in [7, 11) is -3.41. The van der Waals surface area contributed by atoms with E-state index in [1.54, 1.807) is 6.07 Å². The van der Waals surface area contributed by atoms with Crippen LogP contribution in [0.15, 0.2) is 42.5 Å². The Bertz CT molecular complexity index is 942. The quantitative estimate of drug-likeness (QED) is 0.601. The van der Waals surface area contributed by atoms with Gasteiger partial charge in [-0.15, -0.1) is 0 Å². The van der Waals surface area contributed by atoms with Crippen LogP contribution < -0.4 is 14.4 Å². The van der Waals surface area contributed by atoms with Gasteiger partial charge in [-0.3, -0.25) is 9.10 Å². The van der Waals surface area contributed by atoms with Gasteiger partial charge < -0.3 is 10.1 Å². The molecule has 6 nitrogen and oxygen atoms in total. The molecule has 0 spiro atoms. The molecule has 2 rings (SSSR count). The van der Waals surface area contributed by atoms with Gasteiger partial charge in [-0.1, -0.05) is 24.3 Å². The first-order chi connectivity index (χ1) is 13.7. The van der Waals surface area contributed by atoms with Gasteiger partial charge >= 0.3 is 0 Å². The number of aryl methyl sites for hydroxylation is 2. The Hall–Kier alpha value is -2.54. The second-order valence-electron chi connectivity index (χ2n) is 7.17. The molecule has 0 aliphatic carbocycles. The number of hydrogen-bond donors (Lipinski definition) is 1. The highest BCUT2D eigenvalue weighted by atomic mass is 32.2. The maximum absolute atomic E-state index is 12.1. The third kappa shape index (κ3) is 7.09. The lowest BCUT2D eigenvalue weighted by atomic mass is 10.1. The number of ether oxygens (including phenoxy) is 1. The molecule has 0 heterocycles. The van der Waals surface area contributed by atoms with E-state index in [1.807, 2.05) is 57.2 Å². The molecule has 2 aromatic carbocycles. The maximum Gasteiger partial charge on any atom is 0.232 e. The van der Waals surface area contributed by atoms with Gasteiger partial charge in [0.05, 0.1) is 18.5 Å². The summed E-state index contributed by atoms with van der Waals surface area (Å²) in [5.41, 5.74) is 3.86. The van der Waals surface area contributed by atoms with Crippen LogP contribution in [0.2, 0.25) is 0 Å². The number of nitrogens with zero attached hydrogens (tertiary/aromatic N) is 1. The first kappa shape index (κ1) is 22.7. The molecule has 0 aliphatic heterocycles. The van der Waals surface area contributed by atoms with Crippen LogP contribution in [0.1, 0.15) is 29.5 Å². The number of rotatable bonds is 10. The number of carbonyl (C=O) groups is 1. The van der Waals surface area contributed by atoms with Gasteiger partial charge in [-0.05, 0) is 62.1 Å². The second kappa shape index (κ2) is 10.3. The van der Waals surface area contributed by atoms with Crippen molar-refractivity contribution >= 4 is 21.6 Å². The Labute approximate surface area is 173 Å².